The lowest BCUT2D eigenvalue weighted by Gasteiger charge is -2.04. The minimum Gasteiger partial charge on any atom is -0.382 e. The number of nitrogens with one attached hydrogen (secondary N) is 1. The number of ether oxygens (including phenoxy) is 2. The van der Waals surface area contributed by atoms with Gasteiger partial charge in [-0.1, -0.05) is 12.1 Å². The largest absolute Gasteiger partial charge is 0.382 e. The summed E-state index contributed by atoms with van der Waals surface area (Å²) in [5, 5.41) is 2.73. The molecule has 0 saturated heterocycles. The summed E-state index contributed by atoms with van der Waals surface area (Å²) in [6, 6.07) is 6.06. The lowest BCUT2D eigenvalue weighted by atomic mass is 10.2. The van der Waals surface area contributed by atoms with E-state index < -0.39 is 0 Å². The molecule has 0 aliphatic carbocycles. The topological polar surface area (TPSA) is 47.6 Å². The van der Waals surface area contributed by atoms with Crippen molar-refractivity contribution in [3.63, 3.8) is 0 Å². The molecule has 0 unspecified atom stereocenters. The molecule has 1 aromatic rings. The van der Waals surface area contributed by atoms with Crippen LogP contribution in [0.15, 0.2) is 30.3 Å². The van der Waals surface area contributed by atoms with Crippen LogP contribution in [0, 0.1) is 5.82 Å². The minimum absolute atomic E-state index is 0.203. The van der Waals surface area contributed by atoms with E-state index in [4.69, 9.17) is 9.47 Å². The van der Waals surface area contributed by atoms with Gasteiger partial charge in [-0.15, -0.1) is 0 Å². The standard InChI is InChI=1S/C15H20FNO3/c1-19-10-11-20-9-3-8-17-15(18)7-6-13-4-2-5-14(16)12-13/h2,4-7,12H,3,8-11H2,1H3,(H,17,18)/b7-6+. The first-order valence-electron chi connectivity index (χ1n) is 6.50. The van der Waals surface area contributed by atoms with Crippen LogP contribution in [0.4, 0.5) is 4.39 Å². The quantitative estimate of drug-likeness (QED) is 0.556. The maximum atomic E-state index is 12.9. The maximum absolute atomic E-state index is 12.9. The zero-order valence-electron chi connectivity index (χ0n) is 11.6. The van der Waals surface area contributed by atoms with Crippen molar-refractivity contribution in [2.75, 3.05) is 33.5 Å². The normalized spacial score (nSPS) is 10.9. The molecule has 1 amide bonds. The van der Waals surface area contributed by atoms with Gasteiger partial charge in [0.05, 0.1) is 13.2 Å². The Morgan fingerprint density at radius 3 is 2.95 bits per heavy atom. The van der Waals surface area contributed by atoms with Gasteiger partial charge in [-0.05, 0) is 30.2 Å². The number of methoxy groups -OCH3 is 1. The number of rotatable bonds is 9. The molecule has 0 spiro atoms. The molecule has 0 radical (unpaired) electrons. The zero-order valence-corrected chi connectivity index (χ0v) is 11.6. The average Bonchev–Trinajstić information content (AvgIpc) is 2.44. The maximum Gasteiger partial charge on any atom is 0.244 e. The Labute approximate surface area is 118 Å². The van der Waals surface area contributed by atoms with Crippen LogP contribution in [0.2, 0.25) is 0 Å². The van der Waals surface area contributed by atoms with Gasteiger partial charge in [0, 0.05) is 26.3 Å². The molecular formula is C15H20FNO3. The van der Waals surface area contributed by atoms with Crippen molar-refractivity contribution in [1.29, 1.82) is 0 Å². The van der Waals surface area contributed by atoms with Gasteiger partial charge in [0.25, 0.3) is 0 Å². The summed E-state index contributed by atoms with van der Waals surface area (Å²) in [6.45, 7) is 2.25. The van der Waals surface area contributed by atoms with Crippen LogP contribution in [-0.4, -0.2) is 39.4 Å². The Kier molecular flexibility index (Phi) is 8.26. The van der Waals surface area contributed by atoms with Crippen molar-refractivity contribution >= 4 is 12.0 Å². The van der Waals surface area contributed by atoms with Crippen molar-refractivity contribution in [3.05, 3.63) is 41.7 Å². The molecule has 0 aromatic heterocycles. The SMILES string of the molecule is COCCOCCCNC(=O)/C=C/c1cccc(F)c1. The van der Waals surface area contributed by atoms with E-state index in [1.807, 2.05) is 0 Å². The van der Waals surface area contributed by atoms with Crippen LogP contribution in [0.3, 0.4) is 0 Å². The van der Waals surface area contributed by atoms with Crippen LogP contribution in [0.5, 0.6) is 0 Å². The second-order valence-corrected chi connectivity index (χ2v) is 4.14. The summed E-state index contributed by atoms with van der Waals surface area (Å²) < 4.78 is 23.0. The predicted molar refractivity (Wildman–Crippen MR) is 75.8 cm³/mol. The average molecular weight is 281 g/mol. The van der Waals surface area contributed by atoms with Gasteiger partial charge >= 0.3 is 0 Å². The van der Waals surface area contributed by atoms with E-state index in [0.29, 0.717) is 31.9 Å². The molecule has 0 saturated carbocycles. The van der Waals surface area contributed by atoms with Crippen LogP contribution in [0.1, 0.15) is 12.0 Å². The second kappa shape index (κ2) is 10.1. The number of amides is 1. The van der Waals surface area contributed by atoms with Gasteiger partial charge in [-0.25, -0.2) is 4.39 Å². The third-order valence-corrected chi connectivity index (χ3v) is 2.47. The van der Waals surface area contributed by atoms with Gasteiger partial charge in [-0.2, -0.15) is 0 Å². The van der Waals surface area contributed by atoms with E-state index in [2.05, 4.69) is 5.32 Å². The van der Waals surface area contributed by atoms with E-state index in [1.165, 1.54) is 18.2 Å². The number of carbonyl (C=O) groups excluding carboxylic acids is 1. The van der Waals surface area contributed by atoms with Crippen molar-refractivity contribution in [3.8, 4) is 0 Å². The van der Waals surface area contributed by atoms with Crippen LogP contribution < -0.4 is 5.32 Å². The smallest absolute Gasteiger partial charge is 0.244 e. The summed E-state index contributed by atoms with van der Waals surface area (Å²) in [6.07, 6.45) is 3.71. The van der Waals surface area contributed by atoms with Crippen LogP contribution in [-0.2, 0) is 14.3 Å². The zero-order chi connectivity index (χ0) is 14.6. The molecule has 110 valence electrons. The van der Waals surface area contributed by atoms with Gasteiger partial charge in [-0.3, -0.25) is 4.79 Å². The number of benzene rings is 1. The van der Waals surface area contributed by atoms with Crippen molar-refractivity contribution in [2.45, 2.75) is 6.42 Å². The van der Waals surface area contributed by atoms with Gasteiger partial charge < -0.3 is 14.8 Å². The molecule has 0 aliphatic rings. The Balaban J connectivity index is 2.14. The molecular weight excluding hydrogens is 261 g/mol. The Morgan fingerprint density at radius 2 is 2.20 bits per heavy atom. The summed E-state index contributed by atoms with van der Waals surface area (Å²) >= 11 is 0. The molecule has 0 atom stereocenters. The molecule has 5 heteroatoms. The Hall–Kier alpha value is -1.72. The molecule has 20 heavy (non-hydrogen) atoms. The molecule has 1 rings (SSSR count). The Morgan fingerprint density at radius 1 is 1.35 bits per heavy atom. The highest BCUT2D eigenvalue weighted by Gasteiger charge is 1.96. The van der Waals surface area contributed by atoms with E-state index >= 15 is 0 Å². The van der Waals surface area contributed by atoms with E-state index in [9.17, 15) is 9.18 Å². The van der Waals surface area contributed by atoms with E-state index in [0.717, 1.165) is 6.42 Å². The van der Waals surface area contributed by atoms with Crippen molar-refractivity contribution in [2.24, 2.45) is 0 Å². The summed E-state index contributed by atoms with van der Waals surface area (Å²) in [5.74, 6) is -0.521. The number of carbonyl (C=O) groups is 1. The molecule has 0 heterocycles. The van der Waals surface area contributed by atoms with Gasteiger partial charge in [0.2, 0.25) is 5.91 Å². The van der Waals surface area contributed by atoms with Crippen molar-refractivity contribution in [1.82, 2.24) is 5.32 Å². The fourth-order valence-electron chi connectivity index (χ4n) is 1.47. The number of hydrogen-bond donors (Lipinski definition) is 1. The highest BCUT2D eigenvalue weighted by Crippen LogP contribution is 2.04. The van der Waals surface area contributed by atoms with E-state index in [-0.39, 0.29) is 11.7 Å². The molecule has 0 aliphatic heterocycles. The summed E-state index contributed by atoms with van der Waals surface area (Å²) in [4.78, 5) is 11.5. The molecule has 4 nitrogen and oxygen atoms in total. The monoisotopic (exact) mass is 281 g/mol. The Bertz CT molecular complexity index is 435. The summed E-state index contributed by atoms with van der Waals surface area (Å²) in [7, 11) is 1.62. The first-order valence-corrected chi connectivity index (χ1v) is 6.50. The second-order valence-electron chi connectivity index (χ2n) is 4.14. The number of halogens is 1. The fourth-order valence-corrected chi connectivity index (χ4v) is 1.47. The predicted octanol–water partition coefficient (Wildman–Crippen LogP) is 2.01. The summed E-state index contributed by atoms with van der Waals surface area (Å²) in [5.41, 5.74) is 0.656. The first kappa shape index (κ1) is 16.3. The highest BCUT2D eigenvalue weighted by atomic mass is 19.1. The molecule has 0 fully saturated rings. The lowest BCUT2D eigenvalue weighted by molar-refractivity contribution is -0.116. The van der Waals surface area contributed by atoms with E-state index in [1.54, 1.807) is 25.3 Å². The minimum atomic E-state index is -0.319. The molecule has 1 aromatic carbocycles. The molecule has 0 bridgehead atoms. The first-order chi connectivity index (χ1) is 9.72. The van der Waals surface area contributed by atoms with Gasteiger partial charge in [0.15, 0.2) is 0 Å². The number of hydrogen-bond acceptors (Lipinski definition) is 3. The van der Waals surface area contributed by atoms with Gasteiger partial charge in [0.1, 0.15) is 5.82 Å². The fraction of sp³-hybridized carbons (Fsp3) is 0.400. The third-order valence-electron chi connectivity index (χ3n) is 2.47. The molecule has 1 N–H and O–H groups in total. The lowest BCUT2D eigenvalue weighted by Crippen LogP contribution is -2.23. The third kappa shape index (κ3) is 7.66. The van der Waals surface area contributed by atoms with Crippen molar-refractivity contribution < 1.29 is 18.7 Å². The van der Waals surface area contributed by atoms with Crippen LogP contribution >= 0.6 is 0 Å². The highest BCUT2D eigenvalue weighted by molar-refractivity contribution is 5.91. The van der Waals surface area contributed by atoms with Crippen LogP contribution in [0.25, 0.3) is 6.08 Å².